The van der Waals surface area contributed by atoms with Crippen molar-refractivity contribution in [3.63, 3.8) is 0 Å². The number of benzene rings is 2. The van der Waals surface area contributed by atoms with Gasteiger partial charge >= 0.3 is 0 Å². The van der Waals surface area contributed by atoms with Crippen LogP contribution in [0.4, 0.5) is 11.4 Å². The molecule has 0 spiro atoms. The van der Waals surface area contributed by atoms with Gasteiger partial charge < -0.3 is 34.5 Å². The maximum atomic E-state index is 13.1. The first-order valence-electron chi connectivity index (χ1n) is 12.3. The summed E-state index contributed by atoms with van der Waals surface area (Å²) in [6.45, 7) is 0. The molecule has 1 atom stereocenters. The molecular formula is C29H32ClN3O5S. The lowest BCUT2D eigenvalue weighted by Gasteiger charge is -2.22. The fourth-order valence-corrected chi connectivity index (χ4v) is 5.49. The van der Waals surface area contributed by atoms with Crippen molar-refractivity contribution >= 4 is 40.3 Å². The van der Waals surface area contributed by atoms with Crippen molar-refractivity contribution in [2.75, 3.05) is 52.8 Å². The molecule has 0 bridgehead atoms. The van der Waals surface area contributed by atoms with E-state index in [1.807, 2.05) is 49.3 Å². The van der Waals surface area contributed by atoms with E-state index in [4.69, 9.17) is 42.8 Å². The monoisotopic (exact) mass is 569 g/mol. The summed E-state index contributed by atoms with van der Waals surface area (Å²) in [5.74, 6) is 1.45. The zero-order valence-corrected chi connectivity index (χ0v) is 24.4. The van der Waals surface area contributed by atoms with Gasteiger partial charge in [0, 0.05) is 31.0 Å². The third-order valence-electron chi connectivity index (χ3n) is 6.73. The molecule has 3 aromatic rings. The Labute approximate surface area is 238 Å². The Morgan fingerprint density at radius 3 is 2.33 bits per heavy atom. The fraction of sp³-hybridized carbons (Fsp3) is 0.310. The second-order valence-corrected chi connectivity index (χ2v) is 9.97. The molecule has 0 saturated heterocycles. The first-order chi connectivity index (χ1) is 18.7. The topological polar surface area (TPSA) is 81.3 Å². The highest BCUT2D eigenvalue weighted by Gasteiger charge is 2.32. The molecular weight excluding hydrogens is 538 g/mol. The van der Waals surface area contributed by atoms with Gasteiger partial charge in [0.15, 0.2) is 22.4 Å². The predicted octanol–water partition coefficient (Wildman–Crippen LogP) is 5.44. The molecule has 0 aliphatic heterocycles. The maximum Gasteiger partial charge on any atom is 0.220 e. The van der Waals surface area contributed by atoms with Gasteiger partial charge in [0.25, 0.3) is 0 Å². The Balaban J connectivity index is 1.85. The van der Waals surface area contributed by atoms with E-state index in [2.05, 4.69) is 10.6 Å². The van der Waals surface area contributed by atoms with Crippen molar-refractivity contribution in [1.29, 1.82) is 0 Å². The Morgan fingerprint density at radius 1 is 0.974 bits per heavy atom. The van der Waals surface area contributed by atoms with Gasteiger partial charge in [-0.3, -0.25) is 4.79 Å². The first-order valence-corrected chi connectivity index (χ1v) is 13.1. The number of halogens is 1. The van der Waals surface area contributed by atoms with E-state index in [0.29, 0.717) is 40.2 Å². The molecule has 0 radical (unpaired) electrons. The van der Waals surface area contributed by atoms with Crippen LogP contribution in [0.5, 0.6) is 23.0 Å². The van der Waals surface area contributed by atoms with Gasteiger partial charge in [0.1, 0.15) is 0 Å². The van der Waals surface area contributed by atoms with Crippen molar-refractivity contribution in [1.82, 2.24) is 5.32 Å². The van der Waals surface area contributed by atoms with Crippen LogP contribution in [-0.4, -0.2) is 47.6 Å². The van der Waals surface area contributed by atoms with Crippen LogP contribution in [0.3, 0.4) is 0 Å². The van der Waals surface area contributed by atoms with Gasteiger partial charge in [0.2, 0.25) is 11.2 Å². The van der Waals surface area contributed by atoms with E-state index in [0.717, 1.165) is 33.6 Å². The summed E-state index contributed by atoms with van der Waals surface area (Å²) in [5, 5.41) is 7.55. The lowest BCUT2D eigenvalue weighted by Crippen LogP contribution is -2.32. The molecule has 0 saturated carbocycles. The van der Waals surface area contributed by atoms with Crippen molar-refractivity contribution in [3.8, 4) is 34.1 Å². The predicted molar refractivity (Wildman–Crippen MR) is 161 cm³/mol. The number of rotatable bonds is 7. The van der Waals surface area contributed by atoms with Crippen LogP contribution in [0, 0.1) is 0 Å². The van der Waals surface area contributed by atoms with E-state index >= 15 is 0 Å². The van der Waals surface area contributed by atoms with Crippen molar-refractivity contribution in [3.05, 3.63) is 68.8 Å². The molecule has 0 heterocycles. The summed E-state index contributed by atoms with van der Waals surface area (Å²) < 4.78 is 22.5. The van der Waals surface area contributed by atoms with Gasteiger partial charge in [0.05, 0.1) is 39.5 Å². The molecule has 0 unspecified atom stereocenters. The van der Waals surface area contributed by atoms with Crippen LogP contribution < -0.4 is 39.9 Å². The number of nitrogens with one attached hydrogen (secondary N) is 2. The molecule has 206 valence electrons. The summed E-state index contributed by atoms with van der Waals surface area (Å²) in [6, 6.07) is 12.7. The Hall–Kier alpha value is -3.69. The zero-order chi connectivity index (χ0) is 28.3. The van der Waals surface area contributed by atoms with Gasteiger partial charge in [-0.15, -0.1) is 0 Å². The highest BCUT2D eigenvalue weighted by molar-refractivity contribution is 7.80. The van der Waals surface area contributed by atoms with Gasteiger partial charge in [-0.1, -0.05) is 23.7 Å². The Morgan fingerprint density at radius 2 is 1.69 bits per heavy atom. The minimum absolute atomic E-state index is 0.218. The quantitative estimate of drug-likeness (QED) is 0.361. The number of ether oxygens (including phenoxy) is 4. The van der Waals surface area contributed by atoms with Crippen LogP contribution >= 0.6 is 23.8 Å². The van der Waals surface area contributed by atoms with Crippen molar-refractivity contribution in [2.24, 2.45) is 0 Å². The number of thiocarbonyl (C=S) groups is 1. The first kappa shape index (κ1) is 28.3. The molecule has 39 heavy (non-hydrogen) atoms. The van der Waals surface area contributed by atoms with Crippen LogP contribution in [0.1, 0.15) is 23.6 Å². The summed E-state index contributed by atoms with van der Waals surface area (Å²) >= 11 is 12.6. The van der Waals surface area contributed by atoms with Crippen molar-refractivity contribution < 1.29 is 18.9 Å². The highest BCUT2D eigenvalue weighted by atomic mass is 35.5. The second-order valence-electron chi connectivity index (χ2n) is 9.18. The fourth-order valence-electron chi connectivity index (χ4n) is 4.88. The molecule has 0 aromatic heterocycles. The summed E-state index contributed by atoms with van der Waals surface area (Å²) in [7, 11) is 10.1. The molecule has 1 aliphatic carbocycles. The SMILES string of the molecule is COc1c(Cl)c2c(c(OC)c1OC)-c1ccc(OC)c(=O)cc1[C@@H](NC(=S)Nc1cccc(N(C)C)c1)CC2. The molecule has 0 amide bonds. The number of hydrogen-bond acceptors (Lipinski definition) is 7. The molecule has 4 rings (SSSR count). The van der Waals surface area contributed by atoms with Crippen LogP contribution in [0.25, 0.3) is 11.1 Å². The maximum absolute atomic E-state index is 13.1. The van der Waals surface area contributed by atoms with Crippen molar-refractivity contribution in [2.45, 2.75) is 18.9 Å². The summed E-state index contributed by atoms with van der Waals surface area (Å²) in [4.78, 5) is 15.1. The molecule has 10 heteroatoms. The van der Waals surface area contributed by atoms with E-state index in [-0.39, 0.29) is 17.2 Å². The Bertz CT molecular complexity index is 1460. The minimum Gasteiger partial charge on any atom is -0.493 e. The third-order valence-corrected chi connectivity index (χ3v) is 7.35. The number of methoxy groups -OCH3 is 4. The van der Waals surface area contributed by atoms with Gasteiger partial charge in [-0.25, -0.2) is 0 Å². The Kier molecular flexibility index (Phi) is 8.72. The normalized spacial score (nSPS) is 13.8. The van der Waals surface area contributed by atoms with Crippen LogP contribution in [0.2, 0.25) is 5.02 Å². The van der Waals surface area contributed by atoms with Crippen LogP contribution in [0.15, 0.2) is 47.3 Å². The molecule has 0 fully saturated rings. The summed E-state index contributed by atoms with van der Waals surface area (Å²) in [6.07, 6.45) is 1.15. The number of fused-ring (bicyclic) bond motifs is 3. The number of anilines is 2. The standard InChI is InChI=1S/C29H32ClN3O5S/c1-33(2)17-9-7-8-16(14-17)31-29(39)32-21-12-10-19-24(18-11-13-23(35-3)22(34)15-20(18)21)26(36-4)28(38-6)27(37-5)25(19)30/h7-9,11,13-15,21H,10,12H2,1-6H3,(H2,31,32,39)/t21-/m0/s1. The average molecular weight is 570 g/mol. The van der Waals surface area contributed by atoms with Gasteiger partial charge in [-0.2, -0.15) is 0 Å². The van der Waals surface area contributed by atoms with E-state index in [1.54, 1.807) is 19.2 Å². The number of hydrogen-bond donors (Lipinski definition) is 2. The molecule has 2 N–H and O–H groups in total. The number of nitrogens with zero attached hydrogens (tertiary/aromatic N) is 1. The van der Waals surface area contributed by atoms with E-state index < -0.39 is 0 Å². The van der Waals surface area contributed by atoms with Crippen LogP contribution in [-0.2, 0) is 6.42 Å². The minimum atomic E-state index is -0.327. The zero-order valence-electron chi connectivity index (χ0n) is 22.8. The van der Waals surface area contributed by atoms with Gasteiger partial charge in [-0.05, 0) is 72.1 Å². The lowest BCUT2D eigenvalue weighted by molar-refractivity contribution is 0.325. The van der Waals surface area contributed by atoms with E-state index in [9.17, 15) is 4.79 Å². The molecule has 1 aliphatic rings. The highest BCUT2D eigenvalue weighted by Crippen LogP contribution is 2.54. The average Bonchev–Trinajstić information content (AvgIpc) is 3.17. The third kappa shape index (κ3) is 5.55. The second kappa shape index (κ2) is 12.0. The van der Waals surface area contributed by atoms with E-state index in [1.165, 1.54) is 21.3 Å². The largest absolute Gasteiger partial charge is 0.493 e. The lowest BCUT2D eigenvalue weighted by atomic mass is 9.95. The summed E-state index contributed by atoms with van der Waals surface area (Å²) in [5.41, 5.74) is 4.67. The molecule has 3 aromatic carbocycles. The smallest absolute Gasteiger partial charge is 0.220 e. The molecule has 8 nitrogen and oxygen atoms in total.